The molecule has 0 fully saturated rings. The average Bonchev–Trinajstić information content (AvgIpc) is 2.47. The van der Waals surface area contributed by atoms with Gasteiger partial charge in [-0.3, -0.25) is 4.79 Å². The molecule has 122 valence electrons. The molecule has 2 N–H and O–H groups in total. The standard InChI is InChI=1S/C15H12F3NO3S/c16-15(17,18)11-7-4-8-12(9-11)23(21,22)13(14(19)20)10-5-2-1-3-6-10/h1-9,13H,(H2,19,20)/t13-/m1/s1. The number of primary amides is 1. The third-order valence-corrected chi connectivity index (χ3v) is 5.20. The highest BCUT2D eigenvalue weighted by Gasteiger charge is 2.36. The summed E-state index contributed by atoms with van der Waals surface area (Å²) in [7, 11) is -4.41. The Bertz CT molecular complexity index is 817. The molecule has 0 spiro atoms. The van der Waals surface area contributed by atoms with Crippen molar-refractivity contribution in [3.63, 3.8) is 0 Å². The van der Waals surface area contributed by atoms with E-state index in [1.54, 1.807) is 6.07 Å². The van der Waals surface area contributed by atoms with Gasteiger partial charge in [-0.05, 0) is 23.8 Å². The second-order valence-electron chi connectivity index (χ2n) is 4.76. The highest BCUT2D eigenvalue weighted by molar-refractivity contribution is 7.92. The van der Waals surface area contributed by atoms with Crippen LogP contribution < -0.4 is 5.73 Å². The van der Waals surface area contributed by atoms with E-state index in [-0.39, 0.29) is 5.56 Å². The summed E-state index contributed by atoms with van der Waals surface area (Å²) in [6.07, 6.45) is -4.69. The molecular formula is C15H12F3NO3S. The molecule has 0 radical (unpaired) electrons. The molecule has 0 bridgehead atoms. The van der Waals surface area contributed by atoms with Crippen LogP contribution in [0.5, 0.6) is 0 Å². The van der Waals surface area contributed by atoms with Crippen LogP contribution >= 0.6 is 0 Å². The molecule has 2 rings (SSSR count). The quantitative estimate of drug-likeness (QED) is 0.927. The molecule has 0 saturated carbocycles. The van der Waals surface area contributed by atoms with Crippen LogP contribution in [0.4, 0.5) is 13.2 Å². The summed E-state index contributed by atoms with van der Waals surface area (Å²) in [5, 5.41) is -1.76. The van der Waals surface area contributed by atoms with E-state index >= 15 is 0 Å². The lowest BCUT2D eigenvalue weighted by molar-refractivity contribution is -0.137. The lowest BCUT2D eigenvalue weighted by Crippen LogP contribution is -2.28. The summed E-state index contributed by atoms with van der Waals surface area (Å²) in [5.41, 5.74) is 4.15. The summed E-state index contributed by atoms with van der Waals surface area (Å²) in [6.45, 7) is 0. The molecule has 0 unspecified atom stereocenters. The van der Waals surface area contributed by atoms with Crippen LogP contribution in [0.2, 0.25) is 0 Å². The third-order valence-electron chi connectivity index (χ3n) is 3.16. The Labute approximate surface area is 130 Å². The summed E-state index contributed by atoms with van der Waals surface area (Å²) in [5.74, 6) is -1.16. The van der Waals surface area contributed by atoms with Crippen LogP contribution in [0.3, 0.4) is 0 Å². The summed E-state index contributed by atoms with van der Waals surface area (Å²) >= 11 is 0. The monoisotopic (exact) mass is 343 g/mol. The predicted molar refractivity (Wildman–Crippen MR) is 77.0 cm³/mol. The number of alkyl halides is 3. The second-order valence-corrected chi connectivity index (χ2v) is 6.80. The fraction of sp³-hybridized carbons (Fsp3) is 0.133. The van der Waals surface area contributed by atoms with E-state index in [2.05, 4.69) is 0 Å². The Morgan fingerprint density at radius 3 is 2.13 bits per heavy atom. The maximum Gasteiger partial charge on any atom is 0.416 e. The lowest BCUT2D eigenvalue weighted by atomic mass is 10.1. The molecule has 2 aromatic carbocycles. The van der Waals surface area contributed by atoms with Gasteiger partial charge in [0.25, 0.3) is 0 Å². The first-order valence-corrected chi connectivity index (χ1v) is 7.94. The first-order valence-electron chi connectivity index (χ1n) is 6.39. The molecule has 4 nitrogen and oxygen atoms in total. The molecule has 0 aliphatic rings. The van der Waals surface area contributed by atoms with Gasteiger partial charge >= 0.3 is 6.18 Å². The van der Waals surface area contributed by atoms with Gasteiger partial charge in [0.05, 0.1) is 10.5 Å². The van der Waals surface area contributed by atoms with Gasteiger partial charge in [0.15, 0.2) is 15.1 Å². The minimum absolute atomic E-state index is 0.0948. The van der Waals surface area contributed by atoms with Crippen LogP contribution in [0.25, 0.3) is 0 Å². The fourth-order valence-electron chi connectivity index (χ4n) is 2.11. The molecule has 1 amide bonds. The Morgan fingerprint density at radius 2 is 1.61 bits per heavy atom. The van der Waals surface area contributed by atoms with Crippen LogP contribution in [-0.2, 0) is 20.8 Å². The third kappa shape index (κ3) is 3.53. The van der Waals surface area contributed by atoms with Crippen molar-refractivity contribution < 1.29 is 26.4 Å². The second kappa shape index (κ2) is 6.04. The first-order chi connectivity index (χ1) is 10.6. The van der Waals surface area contributed by atoms with Crippen LogP contribution in [-0.4, -0.2) is 14.3 Å². The molecule has 23 heavy (non-hydrogen) atoms. The number of hydrogen-bond acceptors (Lipinski definition) is 3. The van der Waals surface area contributed by atoms with Gasteiger partial charge in [0, 0.05) is 0 Å². The van der Waals surface area contributed by atoms with E-state index in [1.807, 2.05) is 0 Å². The summed E-state index contributed by atoms with van der Waals surface area (Å²) < 4.78 is 63.4. The SMILES string of the molecule is NC(=O)[C@@H](c1ccccc1)S(=O)(=O)c1cccc(C(F)(F)F)c1. The van der Waals surface area contributed by atoms with Crippen molar-refractivity contribution >= 4 is 15.7 Å². The number of carbonyl (C=O) groups is 1. The van der Waals surface area contributed by atoms with E-state index in [9.17, 15) is 26.4 Å². The Kier molecular flexibility index (Phi) is 4.46. The number of benzene rings is 2. The predicted octanol–water partition coefficient (Wildman–Crippen LogP) is 2.71. The molecule has 0 heterocycles. The molecule has 0 aromatic heterocycles. The van der Waals surface area contributed by atoms with Gasteiger partial charge in [0.1, 0.15) is 0 Å². The van der Waals surface area contributed by atoms with Gasteiger partial charge in [-0.15, -0.1) is 0 Å². The number of halogens is 3. The zero-order valence-electron chi connectivity index (χ0n) is 11.6. The normalized spacial score (nSPS) is 13.5. The van der Waals surface area contributed by atoms with Crippen molar-refractivity contribution in [2.45, 2.75) is 16.3 Å². The number of sulfone groups is 1. The molecule has 1 atom stereocenters. The number of nitrogens with two attached hydrogens (primary N) is 1. The number of hydrogen-bond donors (Lipinski definition) is 1. The Hall–Kier alpha value is -2.35. The van der Waals surface area contributed by atoms with E-state index < -0.39 is 37.6 Å². The fourth-order valence-corrected chi connectivity index (χ4v) is 3.76. The highest BCUT2D eigenvalue weighted by atomic mass is 32.2. The maximum absolute atomic E-state index is 12.8. The molecule has 0 aliphatic carbocycles. The lowest BCUT2D eigenvalue weighted by Gasteiger charge is -2.16. The molecule has 0 saturated heterocycles. The van der Waals surface area contributed by atoms with E-state index in [0.717, 1.165) is 18.2 Å². The highest BCUT2D eigenvalue weighted by Crippen LogP contribution is 2.34. The van der Waals surface area contributed by atoms with E-state index in [0.29, 0.717) is 6.07 Å². The number of carbonyl (C=O) groups excluding carboxylic acids is 1. The maximum atomic E-state index is 12.8. The smallest absolute Gasteiger partial charge is 0.368 e. The number of rotatable bonds is 4. The van der Waals surface area contributed by atoms with Gasteiger partial charge in [-0.1, -0.05) is 36.4 Å². The van der Waals surface area contributed by atoms with Gasteiger partial charge in [0.2, 0.25) is 5.91 Å². The topological polar surface area (TPSA) is 77.2 Å². The summed E-state index contributed by atoms with van der Waals surface area (Å²) in [4.78, 5) is 11.0. The molecule has 2 aromatic rings. The minimum Gasteiger partial charge on any atom is -0.368 e. The van der Waals surface area contributed by atoms with Crippen molar-refractivity contribution in [1.29, 1.82) is 0 Å². The Balaban J connectivity index is 2.58. The largest absolute Gasteiger partial charge is 0.416 e. The molecular weight excluding hydrogens is 331 g/mol. The van der Waals surface area contributed by atoms with E-state index in [1.165, 1.54) is 24.3 Å². The number of amides is 1. The van der Waals surface area contributed by atoms with Gasteiger partial charge in [-0.2, -0.15) is 13.2 Å². The van der Waals surface area contributed by atoms with Crippen molar-refractivity contribution in [1.82, 2.24) is 0 Å². The van der Waals surface area contributed by atoms with Crippen LogP contribution in [0.15, 0.2) is 59.5 Å². The molecule has 8 heteroatoms. The molecule has 0 aliphatic heterocycles. The van der Waals surface area contributed by atoms with Crippen molar-refractivity contribution in [3.05, 3.63) is 65.7 Å². The summed E-state index contributed by atoms with van der Waals surface area (Å²) in [6, 6.07) is 10.6. The minimum atomic E-state index is -4.69. The zero-order valence-corrected chi connectivity index (χ0v) is 12.4. The van der Waals surface area contributed by atoms with Crippen molar-refractivity contribution in [3.8, 4) is 0 Å². The zero-order chi connectivity index (χ0) is 17.3. The van der Waals surface area contributed by atoms with Crippen LogP contribution in [0, 0.1) is 0 Å². The first kappa shape index (κ1) is 17.0. The Morgan fingerprint density at radius 1 is 1.00 bits per heavy atom. The van der Waals surface area contributed by atoms with Crippen molar-refractivity contribution in [2.24, 2.45) is 5.73 Å². The van der Waals surface area contributed by atoms with Crippen LogP contribution in [0.1, 0.15) is 16.4 Å². The van der Waals surface area contributed by atoms with Crippen molar-refractivity contribution in [2.75, 3.05) is 0 Å². The van der Waals surface area contributed by atoms with Gasteiger partial charge < -0.3 is 5.73 Å². The van der Waals surface area contributed by atoms with E-state index in [4.69, 9.17) is 5.73 Å². The average molecular weight is 343 g/mol. The van der Waals surface area contributed by atoms with Gasteiger partial charge in [-0.25, -0.2) is 8.42 Å².